The van der Waals surface area contributed by atoms with Gasteiger partial charge in [0.2, 0.25) is 0 Å². The molecule has 1 amide bonds. The number of halogens is 4. The van der Waals surface area contributed by atoms with Gasteiger partial charge < -0.3 is 10.1 Å². The van der Waals surface area contributed by atoms with E-state index in [0.717, 1.165) is 24.6 Å². The number of hydrogen-bond donors (Lipinski definition) is 1. The van der Waals surface area contributed by atoms with E-state index in [0.29, 0.717) is 13.0 Å². The number of fused-ring (bicyclic) bond motifs is 1. The van der Waals surface area contributed by atoms with Crippen LogP contribution in [0.4, 0.5) is 13.2 Å². The van der Waals surface area contributed by atoms with Crippen LogP contribution in [-0.2, 0) is 10.9 Å². The Morgan fingerprint density at radius 3 is 2.81 bits per heavy atom. The van der Waals surface area contributed by atoms with Crippen LogP contribution < -0.4 is 5.32 Å². The summed E-state index contributed by atoms with van der Waals surface area (Å²) in [5.74, 6) is -0.306. The molecule has 1 N–H and O–H groups in total. The number of amides is 1. The Morgan fingerprint density at radius 2 is 2.14 bits per heavy atom. The van der Waals surface area contributed by atoms with Crippen LogP contribution in [0.3, 0.4) is 0 Å². The van der Waals surface area contributed by atoms with Crippen molar-refractivity contribution in [1.29, 1.82) is 0 Å². The quantitative estimate of drug-likeness (QED) is 0.908. The predicted octanol–water partition coefficient (Wildman–Crippen LogP) is 3.27. The minimum atomic E-state index is -4.50. The maximum atomic E-state index is 12.7. The molecule has 0 radical (unpaired) electrons. The summed E-state index contributed by atoms with van der Waals surface area (Å²) in [5, 5.41) is 2.77. The third-order valence-corrected chi connectivity index (χ3v) is 4.45. The van der Waals surface area contributed by atoms with Gasteiger partial charge in [-0.1, -0.05) is 11.6 Å². The third-order valence-electron chi connectivity index (χ3n) is 4.12. The molecular formula is C14H13ClF3NO2. The van der Waals surface area contributed by atoms with Crippen molar-refractivity contribution in [3.63, 3.8) is 0 Å². The van der Waals surface area contributed by atoms with Gasteiger partial charge in [0.05, 0.1) is 22.3 Å². The third kappa shape index (κ3) is 2.74. The van der Waals surface area contributed by atoms with E-state index < -0.39 is 17.6 Å². The van der Waals surface area contributed by atoms with Gasteiger partial charge in [0.1, 0.15) is 0 Å². The summed E-state index contributed by atoms with van der Waals surface area (Å²) in [5.41, 5.74) is -1.03. The zero-order valence-electron chi connectivity index (χ0n) is 10.9. The molecule has 1 aromatic carbocycles. The molecular weight excluding hydrogens is 307 g/mol. The normalized spacial score (nSPS) is 27.9. The lowest BCUT2D eigenvalue weighted by Crippen LogP contribution is -2.53. The number of ether oxygens (including phenoxy) is 1. The summed E-state index contributed by atoms with van der Waals surface area (Å²) in [4.78, 5) is 12.1. The monoisotopic (exact) mass is 319 g/mol. The van der Waals surface area contributed by atoms with Crippen molar-refractivity contribution in [2.45, 2.75) is 31.2 Å². The number of carbonyl (C=O) groups is 1. The highest BCUT2D eigenvalue weighted by Crippen LogP contribution is 2.39. The highest BCUT2D eigenvalue weighted by atomic mass is 35.5. The molecule has 1 aromatic rings. The van der Waals surface area contributed by atoms with Crippen LogP contribution in [0, 0.1) is 5.92 Å². The van der Waals surface area contributed by atoms with E-state index in [1.54, 1.807) is 0 Å². The van der Waals surface area contributed by atoms with Gasteiger partial charge in [-0.25, -0.2) is 0 Å². The number of alkyl halides is 3. The van der Waals surface area contributed by atoms with E-state index in [9.17, 15) is 18.0 Å². The number of hydrogen-bond acceptors (Lipinski definition) is 2. The Hall–Kier alpha value is -1.27. The van der Waals surface area contributed by atoms with E-state index in [4.69, 9.17) is 16.3 Å². The van der Waals surface area contributed by atoms with Crippen LogP contribution in [0.2, 0.25) is 5.02 Å². The standard InChI is InChI=1S/C14H13ClF3NO2/c15-10-2-1-7(14(16,17)18)5-9(10)13(20)19-11-6-12-8(11)3-4-21-12/h1-2,5,8,11-12H,3-4,6H2,(H,19,20)/t8-,11-,12+/m1/s1. The van der Waals surface area contributed by atoms with E-state index >= 15 is 0 Å². The van der Waals surface area contributed by atoms with Crippen molar-refractivity contribution in [2.24, 2.45) is 5.92 Å². The second kappa shape index (κ2) is 5.18. The fraction of sp³-hybridized carbons (Fsp3) is 0.500. The number of nitrogens with one attached hydrogen (secondary N) is 1. The highest BCUT2D eigenvalue weighted by molar-refractivity contribution is 6.33. The van der Waals surface area contributed by atoms with Crippen molar-refractivity contribution >= 4 is 17.5 Å². The smallest absolute Gasteiger partial charge is 0.378 e. The molecule has 3 rings (SSSR count). The molecule has 3 atom stereocenters. The molecule has 1 saturated carbocycles. The van der Waals surface area contributed by atoms with Crippen LogP contribution in [0.15, 0.2) is 18.2 Å². The van der Waals surface area contributed by atoms with Gasteiger partial charge >= 0.3 is 6.18 Å². The number of benzene rings is 1. The van der Waals surface area contributed by atoms with Gasteiger partial charge in [-0.2, -0.15) is 13.2 Å². The fourth-order valence-corrected chi connectivity index (χ4v) is 3.09. The van der Waals surface area contributed by atoms with E-state index in [1.807, 2.05) is 0 Å². The molecule has 0 bridgehead atoms. The largest absolute Gasteiger partial charge is 0.416 e. The van der Waals surface area contributed by atoms with Crippen molar-refractivity contribution in [1.82, 2.24) is 5.32 Å². The number of carbonyl (C=O) groups excluding carboxylic acids is 1. The molecule has 2 aliphatic rings. The van der Waals surface area contributed by atoms with Gasteiger partial charge in [-0.15, -0.1) is 0 Å². The van der Waals surface area contributed by atoms with Crippen molar-refractivity contribution in [2.75, 3.05) is 6.61 Å². The molecule has 1 heterocycles. The molecule has 1 saturated heterocycles. The summed E-state index contributed by atoms with van der Waals surface area (Å²) in [7, 11) is 0. The van der Waals surface area contributed by atoms with Crippen LogP contribution in [0.1, 0.15) is 28.8 Å². The molecule has 1 aliphatic heterocycles. The second-order valence-electron chi connectivity index (χ2n) is 5.37. The minimum absolute atomic E-state index is 0.0130. The van der Waals surface area contributed by atoms with E-state index in [-0.39, 0.29) is 28.6 Å². The Kier molecular flexibility index (Phi) is 3.61. The first-order valence-corrected chi connectivity index (χ1v) is 7.03. The van der Waals surface area contributed by atoms with Crippen molar-refractivity contribution in [3.05, 3.63) is 34.3 Å². The lowest BCUT2D eigenvalue weighted by Gasteiger charge is -2.39. The maximum Gasteiger partial charge on any atom is 0.416 e. The van der Waals surface area contributed by atoms with Gasteiger partial charge in [0.15, 0.2) is 0 Å². The second-order valence-corrected chi connectivity index (χ2v) is 5.78. The first-order chi connectivity index (χ1) is 9.86. The zero-order chi connectivity index (χ0) is 15.2. The molecule has 7 heteroatoms. The summed E-state index contributed by atoms with van der Waals surface area (Å²) in [6, 6.07) is 2.71. The SMILES string of the molecule is O=C(N[C@@H]1C[C@@H]2OCC[C@@H]21)c1cc(C(F)(F)F)ccc1Cl. The minimum Gasteiger partial charge on any atom is -0.378 e. The average Bonchev–Trinajstić information content (AvgIpc) is 2.76. The average molecular weight is 320 g/mol. The molecule has 1 aliphatic carbocycles. The van der Waals surface area contributed by atoms with Gasteiger partial charge in [-0.05, 0) is 31.0 Å². The lowest BCUT2D eigenvalue weighted by atomic mass is 9.76. The molecule has 21 heavy (non-hydrogen) atoms. The summed E-state index contributed by atoms with van der Waals surface area (Å²) in [6.07, 6.45) is -2.76. The summed E-state index contributed by atoms with van der Waals surface area (Å²) >= 11 is 5.84. The van der Waals surface area contributed by atoms with E-state index in [2.05, 4.69) is 5.32 Å². The number of rotatable bonds is 2. The first kappa shape index (κ1) is 14.7. The Bertz CT molecular complexity index is 576. The molecule has 2 fully saturated rings. The molecule has 3 nitrogen and oxygen atoms in total. The van der Waals surface area contributed by atoms with Crippen molar-refractivity contribution < 1.29 is 22.7 Å². The zero-order valence-corrected chi connectivity index (χ0v) is 11.7. The van der Waals surface area contributed by atoms with Gasteiger partial charge in [0.25, 0.3) is 5.91 Å². The Labute approximate surface area is 124 Å². The van der Waals surface area contributed by atoms with Crippen LogP contribution in [-0.4, -0.2) is 24.7 Å². The van der Waals surface area contributed by atoms with Crippen LogP contribution in [0.25, 0.3) is 0 Å². The molecule has 0 aromatic heterocycles. The Balaban J connectivity index is 1.75. The maximum absolute atomic E-state index is 12.7. The van der Waals surface area contributed by atoms with Gasteiger partial charge in [0, 0.05) is 18.6 Å². The topological polar surface area (TPSA) is 38.3 Å². The van der Waals surface area contributed by atoms with E-state index in [1.165, 1.54) is 0 Å². The Morgan fingerprint density at radius 1 is 1.38 bits per heavy atom. The highest BCUT2D eigenvalue weighted by Gasteiger charge is 2.46. The molecule has 114 valence electrons. The van der Waals surface area contributed by atoms with Gasteiger partial charge in [-0.3, -0.25) is 4.79 Å². The van der Waals surface area contributed by atoms with Crippen molar-refractivity contribution in [3.8, 4) is 0 Å². The first-order valence-electron chi connectivity index (χ1n) is 6.65. The summed E-state index contributed by atoms with van der Waals surface area (Å²) in [6.45, 7) is 0.673. The lowest BCUT2D eigenvalue weighted by molar-refractivity contribution is -0.137. The molecule has 0 unspecified atom stereocenters. The predicted molar refractivity (Wildman–Crippen MR) is 70.2 cm³/mol. The van der Waals surface area contributed by atoms with Crippen LogP contribution in [0.5, 0.6) is 0 Å². The van der Waals surface area contributed by atoms with Crippen LogP contribution >= 0.6 is 11.6 Å². The summed E-state index contributed by atoms with van der Waals surface area (Å²) < 4.78 is 43.5. The molecule has 0 spiro atoms. The fourth-order valence-electron chi connectivity index (χ4n) is 2.89.